The van der Waals surface area contributed by atoms with Crippen molar-refractivity contribution in [2.45, 2.75) is 44.4 Å². The van der Waals surface area contributed by atoms with Crippen LogP contribution in [0.5, 0.6) is 0 Å². The van der Waals surface area contributed by atoms with Crippen LogP contribution in [0, 0.1) is 0 Å². The van der Waals surface area contributed by atoms with Crippen molar-refractivity contribution in [3.8, 4) is 0 Å². The van der Waals surface area contributed by atoms with Gasteiger partial charge in [-0.1, -0.05) is 12.1 Å². The van der Waals surface area contributed by atoms with E-state index in [4.69, 9.17) is 4.74 Å². The molecule has 1 aromatic carbocycles. The minimum atomic E-state index is 0.187. The first-order valence-electron chi connectivity index (χ1n) is 8.30. The molecular weight excluding hydrogens is 276 g/mol. The lowest BCUT2D eigenvalue weighted by molar-refractivity contribution is 0.0664. The zero-order valence-corrected chi connectivity index (χ0v) is 13.6. The van der Waals surface area contributed by atoms with Crippen LogP contribution in [0.4, 0.5) is 0 Å². The quantitative estimate of drug-likeness (QED) is 0.857. The third kappa shape index (κ3) is 3.03. The summed E-state index contributed by atoms with van der Waals surface area (Å²) in [7, 11) is 3.88. The summed E-state index contributed by atoms with van der Waals surface area (Å²) in [6.07, 6.45) is 4.74. The van der Waals surface area contributed by atoms with E-state index >= 15 is 0 Å². The van der Waals surface area contributed by atoms with Crippen molar-refractivity contribution < 1.29 is 9.53 Å². The molecule has 0 N–H and O–H groups in total. The maximum absolute atomic E-state index is 12.9. The van der Waals surface area contributed by atoms with Crippen LogP contribution in [-0.4, -0.2) is 55.0 Å². The number of methoxy groups -OCH3 is 1. The Morgan fingerprint density at radius 2 is 1.82 bits per heavy atom. The van der Waals surface area contributed by atoms with Crippen LogP contribution in [0.3, 0.4) is 0 Å². The van der Waals surface area contributed by atoms with Gasteiger partial charge in [0, 0.05) is 31.3 Å². The second-order valence-corrected chi connectivity index (χ2v) is 6.53. The summed E-state index contributed by atoms with van der Waals surface area (Å²) in [4.78, 5) is 17.4. The van der Waals surface area contributed by atoms with E-state index in [1.54, 1.807) is 7.11 Å². The zero-order valence-electron chi connectivity index (χ0n) is 13.6. The van der Waals surface area contributed by atoms with Gasteiger partial charge in [-0.05, 0) is 57.0 Å². The average molecular weight is 302 g/mol. The highest BCUT2D eigenvalue weighted by atomic mass is 16.5. The summed E-state index contributed by atoms with van der Waals surface area (Å²) in [5.41, 5.74) is 1.90. The first-order valence-corrected chi connectivity index (χ1v) is 8.30. The zero-order chi connectivity index (χ0) is 15.5. The monoisotopic (exact) mass is 302 g/mol. The van der Waals surface area contributed by atoms with Gasteiger partial charge in [0.15, 0.2) is 0 Å². The second kappa shape index (κ2) is 6.80. The molecule has 3 rings (SSSR count). The van der Waals surface area contributed by atoms with Crippen LogP contribution in [0.1, 0.15) is 41.6 Å². The molecule has 0 unspecified atom stereocenters. The number of carbonyl (C=O) groups excluding carboxylic acids is 1. The Hall–Kier alpha value is -1.39. The van der Waals surface area contributed by atoms with Crippen LogP contribution >= 0.6 is 0 Å². The summed E-state index contributed by atoms with van der Waals surface area (Å²) < 4.78 is 5.12. The van der Waals surface area contributed by atoms with E-state index in [1.165, 1.54) is 12.8 Å². The summed E-state index contributed by atoms with van der Waals surface area (Å²) in [6.45, 7) is 2.65. The number of likely N-dealkylation sites (N-methyl/N-ethyl adjacent to an activating group) is 1. The lowest BCUT2D eigenvalue weighted by Crippen LogP contribution is -2.47. The van der Waals surface area contributed by atoms with Crippen molar-refractivity contribution in [1.29, 1.82) is 0 Å². The van der Waals surface area contributed by atoms with Gasteiger partial charge < -0.3 is 14.5 Å². The van der Waals surface area contributed by atoms with E-state index in [0.29, 0.717) is 18.7 Å². The van der Waals surface area contributed by atoms with E-state index < -0.39 is 0 Å². The van der Waals surface area contributed by atoms with Gasteiger partial charge >= 0.3 is 0 Å². The van der Waals surface area contributed by atoms with Crippen LogP contribution < -0.4 is 0 Å². The number of nitrogens with zero attached hydrogens (tertiary/aromatic N) is 2. The predicted molar refractivity (Wildman–Crippen MR) is 86.9 cm³/mol. The standard InChI is InChI=1S/C18H26N2O2/c1-19-11-3-5-16(19)17-6-4-12-20(17)18(21)15-9-7-14(8-10-15)13-22-2/h7-10,16-17H,3-6,11-13H2,1-2H3/t16-,17-/m1/s1. The highest BCUT2D eigenvalue weighted by molar-refractivity contribution is 5.94. The fraction of sp³-hybridized carbons (Fsp3) is 0.611. The van der Waals surface area contributed by atoms with E-state index in [2.05, 4.69) is 16.8 Å². The van der Waals surface area contributed by atoms with Gasteiger partial charge in [-0.3, -0.25) is 4.79 Å². The molecular formula is C18H26N2O2. The normalized spacial score (nSPS) is 25.8. The molecule has 0 saturated carbocycles. The van der Waals surface area contributed by atoms with Gasteiger partial charge in [0.05, 0.1) is 6.61 Å². The Morgan fingerprint density at radius 1 is 1.14 bits per heavy atom. The lowest BCUT2D eigenvalue weighted by atomic mass is 10.0. The Bertz CT molecular complexity index is 514. The topological polar surface area (TPSA) is 32.8 Å². The smallest absolute Gasteiger partial charge is 0.254 e. The number of likely N-dealkylation sites (tertiary alicyclic amines) is 2. The summed E-state index contributed by atoms with van der Waals surface area (Å²) in [5, 5.41) is 0. The largest absolute Gasteiger partial charge is 0.380 e. The van der Waals surface area contributed by atoms with Crippen molar-refractivity contribution >= 4 is 5.91 Å². The molecule has 2 aliphatic heterocycles. The minimum absolute atomic E-state index is 0.187. The number of hydrogen-bond acceptors (Lipinski definition) is 3. The SMILES string of the molecule is COCc1ccc(C(=O)N2CCC[C@@H]2[C@H]2CCCN2C)cc1. The number of benzene rings is 1. The fourth-order valence-corrected chi connectivity index (χ4v) is 3.94. The number of amides is 1. The maximum Gasteiger partial charge on any atom is 0.254 e. The highest BCUT2D eigenvalue weighted by Crippen LogP contribution is 2.30. The third-order valence-corrected chi connectivity index (χ3v) is 5.09. The molecule has 0 bridgehead atoms. The molecule has 4 heteroatoms. The van der Waals surface area contributed by atoms with Gasteiger partial charge in [-0.15, -0.1) is 0 Å². The van der Waals surface area contributed by atoms with Crippen molar-refractivity contribution in [3.63, 3.8) is 0 Å². The minimum Gasteiger partial charge on any atom is -0.380 e. The Kier molecular flexibility index (Phi) is 4.79. The summed E-state index contributed by atoms with van der Waals surface area (Å²) in [5.74, 6) is 0.187. The van der Waals surface area contributed by atoms with Crippen molar-refractivity contribution in [3.05, 3.63) is 35.4 Å². The van der Waals surface area contributed by atoms with E-state index in [1.807, 2.05) is 24.3 Å². The molecule has 2 aliphatic rings. The molecule has 4 nitrogen and oxygen atoms in total. The average Bonchev–Trinajstić information content (AvgIpc) is 3.16. The number of carbonyl (C=O) groups is 1. The van der Waals surface area contributed by atoms with Gasteiger partial charge in [0.25, 0.3) is 5.91 Å². The summed E-state index contributed by atoms with van der Waals surface area (Å²) in [6, 6.07) is 8.78. The molecule has 0 radical (unpaired) electrons. The van der Waals surface area contributed by atoms with Gasteiger partial charge in [0.1, 0.15) is 0 Å². The molecule has 0 aliphatic carbocycles. The van der Waals surface area contributed by atoms with Crippen molar-refractivity contribution in [1.82, 2.24) is 9.80 Å². The van der Waals surface area contributed by atoms with Crippen molar-refractivity contribution in [2.75, 3.05) is 27.2 Å². The Morgan fingerprint density at radius 3 is 2.45 bits per heavy atom. The molecule has 22 heavy (non-hydrogen) atoms. The van der Waals surface area contributed by atoms with Crippen LogP contribution in [0.15, 0.2) is 24.3 Å². The maximum atomic E-state index is 12.9. The van der Waals surface area contributed by atoms with E-state index in [0.717, 1.165) is 37.1 Å². The second-order valence-electron chi connectivity index (χ2n) is 6.53. The molecule has 2 fully saturated rings. The Balaban J connectivity index is 1.72. The third-order valence-electron chi connectivity index (χ3n) is 5.09. The first kappa shape index (κ1) is 15.5. The van der Waals surface area contributed by atoms with Crippen molar-refractivity contribution in [2.24, 2.45) is 0 Å². The molecule has 2 atom stereocenters. The van der Waals surface area contributed by atoms with E-state index in [-0.39, 0.29) is 5.91 Å². The van der Waals surface area contributed by atoms with Gasteiger partial charge in [0.2, 0.25) is 0 Å². The molecule has 2 saturated heterocycles. The Labute approximate surface area is 133 Å². The first-order chi connectivity index (χ1) is 10.7. The summed E-state index contributed by atoms with van der Waals surface area (Å²) >= 11 is 0. The number of rotatable bonds is 4. The van der Waals surface area contributed by atoms with Gasteiger partial charge in [-0.2, -0.15) is 0 Å². The molecule has 0 aromatic heterocycles. The number of ether oxygens (including phenoxy) is 1. The molecule has 0 spiro atoms. The van der Waals surface area contributed by atoms with Gasteiger partial charge in [-0.25, -0.2) is 0 Å². The molecule has 1 aromatic rings. The van der Waals surface area contributed by atoms with E-state index in [9.17, 15) is 4.79 Å². The lowest BCUT2D eigenvalue weighted by Gasteiger charge is -2.33. The molecule has 1 amide bonds. The highest BCUT2D eigenvalue weighted by Gasteiger charge is 2.38. The van der Waals surface area contributed by atoms with Crippen LogP contribution in [-0.2, 0) is 11.3 Å². The van der Waals surface area contributed by atoms with Crippen LogP contribution in [0.2, 0.25) is 0 Å². The number of hydrogen-bond donors (Lipinski definition) is 0. The fourth-order valence-electron chi connectivity index (χ4n) is 3.94. The molecule has 2 heterocycles. The predicted octanol–water partition coefficient (Wildman–Crippen LogP) is 2.53. The molecule has 120 valence electrons. The van der Waals surface area contributed by atoms with Crippen LogP contribution in [0.25, 0.3) is 0 Å².